The number of esters is 6. The summed E-state index contributed by atoms with van der Waals surface area (Å²) in [6.45, 7) is 0. The van der Waals surface area contributed by atoms with Crippen molar-refractivity contribution in [3.63, 3.8) is 0 Å². The number of hydrogen-bond acceptors (Lipinski definition) is 18. The molecule has 0 aliphatic rings. The highest BCUT2D eigenvalue weighted by Crippen LogP contribution is 2.22. The molecule has 0 spiro atoms. The molecule has 0 heterocycles. The number of benzene rings is 6. The molecule has 0 unspecified atom stereocenters. The Kier molecular flexibility index (Phi) is 23.0. The number of nitrogens with one attached hydrogen (secondary N) is 6. The first kappa shape index (κ1) is 57.5. The molecule has 6 N–H and O–H groups in total. The van der Waals surface area contributed by atoms with Gasteiger partial charge in [-0.1, -0.05) is 54.6 Å². The van der Waals surface area contributed by atoms with Crippen LogP contribution in [-0.2, 0) is 57.2 Å². The van der Waals surface area contributed by atoms with Crippen molar-refractivity contribution in [1.29, 1.82) is 0 Å². The maximum absolute atomic E-state index is 13.1. The predicted octanol–water partition coefficient (Wildman–Crippen LogP) is 8.72. The van der Waals surface area contributed by atoms with Crippen LogP contribution in [0.3, 0.4) is 0 Å². The van der Waals surface area contributed by atoms with Crippen molar-refractivity contribution < 1.29 is 70.4 Å². The highest BCUT2D eigenvalue weighted by molar-refractivity contribution is 6.06. The fourth-order valence-electron chi connectivity index (χ4n) is 5.94. The average Bonchev–Trinajstić information content (AvgIpc) is 3.45. The summed E-state index contributed by atoms with van der Waals surface area (Å²) in [4.78, 5) is 73.0. The van der Waals surface area contributed by atoms with Crippen molar-refractivity contribution in [3.05, 3.63) is 215 Å². The van der Waals surface area contributed by atoms with Crippen LogP contribution < -0.4 is 31.9 Å². The highest BCUT2D eigenvalue weighted by Gasteiger charge is 2.26. The quantitative estimate of drug-likeness (QED) is 0.0268. The molecule has 6 rings (SSSR count). The zero-order valence-electron chi connectivity index (χ0n) is 41.1. The van der Waals surface area contributed by atoms with Crippen molar-refractivity contribution >= 4 is 69.9 Å². The maximum Gasteiger partial charge on any atom is 0.356 e. The third kappa shape index (κ3) is 18.3. The summed E-state index contributed by atoms with van der Waals surface area (Å²) in [7, 11) is 7.15. The SMILES string of the molecule is COC(=O)C(Nc1ccc(F)cc1)=C(Nc1ccc(F)cc1)C(=O)OC.COC(=O)C(Nc1ccccc1)=C(Nc1ccc(F)cc1)C(=O)OC.COC(=O)C(Nc1ccccc1)=C(Nc1ccccc1)C(=O)OC. The van der Waals surface area contributed by atoms with E-state index in [0.717, 1.165) is 14.2 Å². The van der Waals surface area contributed by atoms with Gasteiger partial charge in [-0.25, -0.2) is 41.9 Å². The topological polar surface area (TPSA) is 230 Å². The van der Waals surface area contributed by atoms with E-state index < -0.39 is 53.3 Å². The lowest BCUT2D eigenvalue weighted by molar-refractivity contribution is -0.139. The fraction of sp³-hybridized carbons (Fsp3) is 0.111. The van der Waals surface area contributed by atoms with E-state index in [-0.39, 0.29) is 34.2 Å². The van der Waals surface area contributed by atoms with Crippen LogP contribution in [0.25, 0.3) is 0 Å². The second-order valence-corrected chi connectivity index (χ2v) is 14.6. The zero-order chi connectivity index (χ0) is 54.7. The summed E-state index contributed by atoms with van der Waals surface area (Å²) >= 11 is 0. The molecule has 75 heavy (non-hydrogen) atoms. The Labute approximate surface area is 429 Å². The molecule has 0 aliphatic heterocycles. The molecule has 0 aliphatic carbocycles. The van der Waals surface area contributed by atoms with Crippen molar-refractivity contribution in [1.82, 2.24) is 0 Å². The van der Waals surface area contributed by atoms with Gasteiger partial charge < -0.3 is 60.3 Å². The van der Waals surface area contributed by atoms with Crippen LogP contribution in [-0.4, -0.2) is 78.5 Å². The molecular formula is C54H51F3N6O12. The van der Waals surface area contributed by atoms with E-state index in [1.165, 1.54) is 101 Å². The number of methoxy groups -OCH3 is 6. The van der Waals surface area contributed by atoms with Crippen molar-refractivity contribution in [2.24, 2.45) is 0 Å². The maximum atomic E-state index is 13.1. The minimum atomic E-state index is -0.857. The second kappa shape index (κ2) is 30.0. The molecule has 0 radical (unpaired) electrons. The summed E-state index contributed by atoms with van der Waals surface area (Å²) < 4.78 is 67.7. The molecule has 0 saturated carbocycles. The van der Waals surface area contributed by atoms with Crippen LogP contribution in [0.15, 0.2) is 198 Å². The number of hydrogen-bond donors (Lipinski definition) is 6. The molecule has 0 aromatic heterocycles. The Morgan fingerprint density at radius 3 is 0.547 bits per heavy atom. The summed E-state index contributed by atoms with van der Waals surface area (Å²) in [5, 5.41) is 16.8. The molecule has 0 saturated heterocycles. The molecule has 6 aromatic carbocycles. The summed E-state index contributed by atoms with van der Waals surface area (Å²) in [6.07, 6.45) is 0. The number of para-hydroxylation sites is 3. The van der Waals surface area contributed by atoms with Gasteiger partial charge in [0, 0.05) is 34.1 Å². The fourth-order valence-corrected chi connectivity index (χ4v) is 5.94. The summed E-state index contributed by atoms with van der Waals surface area (Å²) in [5.74, 6) is -6.00. The number of anilines is 6. The van der Waals surface area contributed by atoms with Crippen LogP contribution in [0.5, 0.6) is 0 Å². The van der Waals surface area contributed by atoms with Gasteiger partial charge in [0.15, 0.2) is 34.2 Å². The van der Waals surface area contributed by atoms with Gasteiger partial charge >= 0.3 is 35.8 Å². The first-order valence-electron chi connectivity index (χ1n) is 21.9. The highest BCUT2D eigenvalue weighted by atomic mass is 19.1. The normalized spacial score (nSPS) is 11.2. The monoisotopic (exact) mass is 1030 g/mol. The molecule has 18 nitrogen and oxygen atoms in total. The van der Waals surface area contributed by atoms with Crippen molar-refractivity contribution in [2.75, 3.05) is 74.6 Å². The lowest BCUT2D eigenvalue weighted by Crippen LogP contribution is -2.24. The van der Waals surface area contributed by atoms with Crippen molar-refractivity contribution in [3.8, 4) is 0 Å². The smallest absolute Gasteiger partial charge is 0.356 e. The van der Waals surface area contributed by atoms with E-state index in [1.807, 2.05) is 18.2 Å². The standard InChI is InChI=1S/C18H16F2N2O4.C18H17FN2O4.C18H18N2O4/c1-25-17(23)15(21-13-7-3-11(19)4-8-13)16(18(24)26-2)22-14-9-5-12(20)6-10-14;1-24-17(22)15(20-13-6-4-3-5-7-13)16(18(23)25-2)21-14-10-8-12(19)9-11-14;1-23-17(21)15(19-13-9-5-3-6-10-13)16(18(22)24-2)20-14-11-7-4-8-12-14/h3-10,21-22H,1-2H3;3-11,20-21H,1-2H3;3-12,19-20H,1-2H3. The van der Waals surface area contributed by atoms with Gasteiger partial charge in [0.2, 0.25) is 0 Å². The Morgan fingerprint density at radius 2 is 0.400 bits per heavy atom. The number of carbonyl (C=O) groups is 6. The Morgan fingerprint density at radius 1 is 0.253 bits per heavy atom. The number of rotatable bonds is 18. The van der Waals surface area contributed by atoms with Gasteiger partial charge in [0.05, 0.1) is 42.7 Å². The largest absolute Gasteiger partial charge is 0.464 e. The minimum absolute atomic E-state index is 0.0422. The number of ether oxygens (including phenoxy) is 6. The first-order valence-corrected chi connectivity index (χ1v) is 21.9. The van der Waals surface area contributed by atoms with Gasteiger partial charge in [-0.15, -0.1) is 0 Å². The average molecular weight is 1030 g/mol. The summed E-state index contributed by atoms with van der Waals surface area (Å²) in [5.41, 5.74) is 2.04. The lowest BCUT2D eigenvalue weighted by atomic mass is 10.2. The molecule has 390 valence electrons. The molecule has 0 fully saturated rings. The van der Waals surface area contributed by atoms with Gasteiger partial charge in [-0.2, -0.15) is 0 Å². The van der Waals surface area contributed by atoms with E-state index in [4.69, 9.17) is 28.4 Å². The van der Waals surface area contributed by atoms with Crippen LogP contribution in [0, 0.1) is 17.5 Å². The van der Waals surface area contributed by atoms with Crippen LogP contribution in [0.4, 0.5) is 47.3 Å². The van der Waals surface area contributed by atoms with Crippen LogP contribution >= 0.6 is 0 Å². The molecule has 0 atom stereocenters. The molecule has 0 bridgehead atoms. The van der Waals surface area contributed by atoms with Crippen molar-refractivity contribution in [2.45, 2.75) is 0 Å². The molecular weight excluding hydrogens is 982 g/mol. The predicted molar refractivity (Wildman–Crippen MR) is 273 cm³/mol. The zero-order valence-corrected chi connectivity index (χ0v) is 41.1. The Bertz CT molecular complexity index is 2830. The van der Waals surface area contributed by atoms with Crippen LogP contribution in [0.2, 0.25) is 0 Å². The molecule has 6 aromatic rings. The van der Waals surface area contributed by atoms with E-state index in [9.17, 15) is 41.9 Å². The summed E-state index contributed by atoms with van der Waals surface area (Å²) in [6, 6.07) is 42.3. The van der Waals surface area contributed by atoms with Gasteiger partial charge in [-0.3, -0.25) is 0 Å². The van der Waals surface area contributed by atoms with E-state index >= 15 is 0 Å². The van der Waals surface area contributed by atoms with Gasteiger partial charge in [-0.05, 0) is 109 Å². The van der Waals surface area contributed by atoms with Gasteiger partial charge in [0.1, 0.15) is 17.5 Å². The van der Waals surface area contributed by atoms with Gasteiger partial charge in [0.25, 0.3) is 0 Å². The van der Waals surface area contributed by atoms with Crippen LogP contribution in [0.1, 0.15) is 0 Å². The number of carbonyl (C=O) groups excluding carboxylic acids is 6. The minimum Gasteiger partial charge on any atom is -0.464 e. The third-order valence-electron chi connectivity index (χ3n) is 9.56. The Hall–Kier alpha value is -10.1. The first-order chi connectivity index (χ1) is 36.1. The van der Waals surface area contributed by atoms with E-state index in [2.05, 4.69) is 31.9 Å². The van der Waals surface area contributed by atoms with E-state index in [0.29, 0.717) is 34.1 Å². The molecule has 21 heteroatoms. The lowest BCUT2D eigenvalue weighted by Gasteiger charge is -2.16. The Balaban J connectivity index is 0.000000244. The number of halogens is 3. The molecule has 0 amide bonds. The third-order valence-corrected chi connectivity index (χ3v) is 9.56. The van der Waals surface area contributed by atoms with E-state index in [1.54, 1.807) is 72.8 Å². The second-order valence-electron chi connectivity index (χ2n) is 14.6.